The van der Waals surface area contributed by atoms with Crippen LogP contribution in [0.2, 0.25) is 0 Å². The monoisotopic (exact) mass is 308 g/mol. The Morgan fingerprint density at radius 3 is 1.83 bits per heavy atom. The highest BCUT2D eigenvalue weighted by molar-refractivity contribution is 6.06. The van der Waals surface area contributed by atoms with Crippen LogP contribution in [-0.2, 0) is 0 Å². The maximum absolute atomic E-state index is 2.33. The lowest BCUT2D eigenvalue weighted by atomic mass is 9.88. The fourth-order valence-corrected chi connectivity index (χ4v) is 3.52. The molecule has 0 N–H and O–H groups in total. The van der Waals surface area contributed by atoms with Crippen molar-refractivity contribution in [2.75, 3.05) is 0 Å². The van der Waals surface area contributed by atoms with Crippen molar-refractivity contribution in [2.24, 2.45) is 0 Å². The van der Waals surface area contributed by atoms with E-state index in [4.69, 9.17) is 0 Å². The van der Waals surface area contributed by atoms with Gasteiger partial charge in [-0.15, -0.1) is 0 Å². The minimum atomic E-state index is 1.27. The summed E-state index contributed by atoms with van der Waals surface area (Å²) in [5, 5.41) is 2.65. The molecule has 4 aromatic carbocycles. The number of aryl methyl sites for hydroxylation is 2. The quantitative estimate of drug-likeness (QED) is 0.382. The molecule has 0 fully saturated rings. The SMILES string of the molecule is Cc1ccc2c(-c3ccccc3)c(C)cc(-c3ccccc3)c2c1. The Balaban J connectivity index is 2.10. The maximum atomic E-state index is 2.33. The molecule has 0 nitrogen and oxygen atoms in total. The summed E-state index contributed by atoms with van der Waals surface area (Å²) < 4.78 is 0. The third-order valence-corrected chi connectivity index (χ3v) is 4.64. The van der Waals surface area contributed by atoms with Gasteiger partial charge >= 0.3 is 0 Å². The van der Waals surface area contributed by atoms with Gasteiger partial charge in [-0.3, -0.25) is 0 Å². The second kappa shape index (κ2) is 5.98. The van der Waals surface area contributed by atoms with Crippen molar-refractivity contribution in [3.63, 3.8) is 0 Å². The molecule has 0 heteroatoms. The minimum absolute atomic E-state index is 1.27. The maximum Gasteiger partial charge on any atom is -0.00757 e. The lowest BCUT2D eigenvalue weighted by Crippen LogP contribution is -1.91. The molecule has 0 aromatic heterocycles. The van der Waals surface area contributed by atoms with Gasteiger partial charge in [0.1, 0.15) is 0 Å². The Bertz CT molecular complexity index is 996. The molecule has 0 spiro atoms. The first-order chi connectivity index (χ1) is 11.7. The van der Waals surface area contributed by atoms with Crippen molar-refractivity contribution in [3.05, 3.63) is 96.1 Å². The number of fused-ring (bicyclic) bond motifs is 1. The highest BCUT2D eigenvalue weighted by atomic mass is 14.2. The van der Waals surface area contributed by atoms with E-state index in [9.17, 15) is 0 Å². The molecule has 0 radical (unpaired) electrons. The van der Waals surface area contributed by atoms with Crippen LogP contribution in [0.3, 0.4) is 0 Å². The molecule has 0 unspecified atom stereocenters. The molecule has 116 valence electrons. The van der Waals surface area contributed by atoms with Crippen LogP contribution in [0.1, 0.15) is 11.1 Å². The smallest absolute Gasteiger partial charge is 0.00757 e. The van der Waals surface area contributed by atoms with Gasteiger partial charge in [0.05, 0.1) is 0 Å². The van der Waals surface area contributed by atoms with Gasteiger partial charge in [-0.2, -0.15) is 0 Å². The van der Waals surface area contributed by atoms with Crippen molar-refractivity contribution in [2.45, 2.75) is 13.8 Å². The van der Waals surface area contributed by atoms with E-state index in [1.807, 2.05) is 0 Å². The first kappa shape index (κ1) is 14.7. The highest BCUT2D eigenvalue weighted by Gasteiger charge is 2.12. The zero-order valence-corrected chi connectivity index (χ0v) is 14.1. The van der Waals surface area contributed by atoms with Crippen LogP contribution in [0.5, 0.6) is 0 Å². The van der Waals surface area contributed by atoms with E-state index in [0.717, 1.165) is 0 Å². The molecule has 0 atom stereocenters. The van der Waals surface area contributed by atoms with Crippen LogP contribution < -0.4 is 0 Å². The Kier molecular flexibility index (Phi) is 3.66. The zero-order valence-electron chi connectivity index (χ0n) is 14.1. The fourth-order valence-electron chi connectivity index (χ4n) is 3.52. The summed E-state index contributed by atoms with van der Waals surface area (Å²) in [6.07, 6.45) is 0. The molecule has 0 saturated carbocycles. The van der Waals surface area contributed by atoms with Gasteiger partial charge in [0.25, 0.3) is 0 Å². The molecular formula is C24H20. The van der Waals surface area contributed by atoms with Gasteiger partial charge < -0.3 is 0 Å². The van der Waals surface area contributed by atoms with Crippen LogP contribution in [0.15, 0.2) is 84.9 Å². The third-order valence-electron chi connectivity index (χ3n) is 4.64. The Morgan fingerprint density at radius 1 is 0.542 bits per heavy atom. The lowest BCUT2D eigenvalue weighted by molar-refractivity contribution is 1.46. The fraction of sp³-hybridized carbons (Fsp3) is 0.0833. The molecule has 0 bridgehead atoms. The molecule has 4 rings (SSSR count). The Hall–Kier alpha value is -2.86. The van der Waals surface area contributed by atoms with Crippen molar-refractivity contribution < 1.29 is 0 Å². The van der Waals surface area contributed by atoms with Gasteiger partial charge in [-0.1, -0.05) is 90.5 Å². The van der Waals surface area contributed by atoms with Crippen LogP contribution in [0.4, 0.5) is 0 Å². The van der Waals surface area contributed by atoms with Crippen LogP contribution in [-0.4, -0.2) is 0 Å². The lowest BCUT2D eigenvalue weighted by Gasteiger charge is -2.16. The Labute approximate surface area is 143 Å². The van der Waals surface area contributed by atoms with Crippen molar-refractivity contribution in [3.8, 4) is 22.3 Å². The van der Waals surface area contributed by atoms with E-state index >= 15 is 0 Å². The molecular weight excluding hydrogens is 288 g/mol. The average molecular weight is 308 g/mol. The molecule has 24 heavy (non-hydrogen) atoms. The number of hydrogen-bond acceptors (Lipinski definition) is 0. The van der Waals surface area contributed by atoms with E-state index in [1.54, 1.807) is 0 Å². The normalized spacial score (nSPS) is 10.9. The van der Waals surface area contributed by atoms with E-state index in [1.165, 1.54) is 44.2 Å². The summed E-state index contributed by atoms with van der Waals surface area (Å²) in [4.78, 5) is 0. The largest absolute Gasteiger partial charge is 0.0622 e. The highest BCUT2D eigenvalue weighted by Crippen LogP contribution is 2.38. The first-order valence-electron chi connectivity index (χ1n) is 8.39. The van der Waals surface area contributed by atoms with Gasteiger partial charge in [0.15, 0.2) is 0 Å². The molecule has 0 saturated heterocycles. The molecule has 4 aromatic rings. The number of benzene rings is 4. The van der Waals surface area contributed by atoms with Crippen LogP contribution in [0, 0.1) is 13.8 Å². The zero-order chi connectivity index (χ0) is 16.5. The summed E-state index contributed by atoms with van der Waals surface area (Å²) in [6.45, 7) is 4.38. The average Bonchev–Trinajstić information content (AvgIpc) is 2.63. The van der Waals surface area contributed by atoms with Gasteiger partial charge in [-0.05, 0) is 52.4 Å². The van der Waals surface area contributed by atoms with E-state index < -0.39 is 0 Å². The van der Waals surface area contributed by atoms with Crippen LogP contribution >= 0.6 is 0 Å². The second-order valence-corrected chi connectivity index (χ2v) is 6.40. The van der Waals surface area contributed by atoms with Gasteiger partial charge in [-0.25, -0.2) is 0 Å². The molecule has 0 amide bonds. The first-order valence-corrected chi connectivity index (χ1v) is 8.39. The molecule has 0 aliphatic heterocycles. The van der Waals surface area contributed by atoms with E-state index in [-0.39, 0.29) is 0 Å². The molecule has 0 aliphatic rings. The van der Waals surface area contributed by atoms with Gasteiger partial charge in [0, 0.05) is 0 Å². The molecule has 0 aliphatic carbocycles. The second-order valence-electron chi connectivity index (χ2n) is 6.40. The van der Waals surface area contributed by atoms with Crippen molar-refractivity contribution in [1.82, 2.24) is 0 Å². The summed E-state index contributed by atoms with van der Waals surface area (Å²) in [7, 11) is 0. The van der Waals surface area contributed by atoms with Crippen molar-refractivity contribution in [1.29, 1.82) is 0 Å². The summed E-state index contributed by atoms with van der Waals surface area (Å²) >= 11 is 0. The van der Waals surface area contributed by atoms with E-state index in [0.29, 0.717) is 0 Å². The predicted molar refractivity (Wildman–Crippen MR) is 104 cm³/mol. The topological polar surface area (TPSA) is 0 Å². The number of rotatable bonds is 2. The third kappa shape index (κ3) is 2.51. The van der Waals surface area contributed by atoms with Crippen LogP contribution in [0.25, 0.3) is 33.0 Å². The summed E-state index contributed by atoms with van der Waals surface area (Å²) in [5.74, 6) is 0. The van der Waals surface area contributed by atoms with E-state index in [2.05, 4.69) is 98.8 Å². The summed E-state index contributed by atoms with van der Waals surface area (Å²) in [5.41, 5.74) is 7.81. The predicted octanol–water partition coefficient (Wildman–Crippen LogP) is 6.79. The van der Waals surface area contributed by atoms with Gasteiger partial charge in [0.2, 0.25) is 0 Å². The standard InChI is InChI=1S/C24H20/c1-17-13-14-21-23(15-17)22(19-9-5-3-6-10-19)16-18(2)24(21)20-11-7-4-8-12-20/h3-16H,1-2H3. The number of hydrogen-bond donors (Lipinski definition) is 0. The Morgan fingerprint density at radius 2 is 1.17 bits per heavy atom. The molecule has 0 heterocycles. The summed E-state index contributed by atoms with van der Waals surface area (Å²) in [6, 6.07) is 30.5. The van der Waals surface area contributed by atoms with Crippen molar-refractivity contribution >= 4 is 10.8 Å². The minimum Gasteiger partial charge on any atom is -0.0622 e.